The lowest BCUT2D eigenvalue weighted by Gasteiger charge is -2.34. The Labute approximate surface area is 119 Å². The summed E-state index contributed by atoms with van der Waals surface area (Å²) in [5.41, 5.74) is -0.762. The third-order valence-corrected chi connectivity index (χ3v) is 1.96. The van der Waals surface area contributed by atoms with E-state index < -0.39 is 23.8 Å². The summed E-state index contributed by atoms with van der Waals surface area (Å²) in [5.74, 6) is -2.94. The average molecular weight is 290 g/mol. The molecule has 117 valence electrons. The minimum Gasteiger partial charge on any atom is -0.454 e. The molecule has 0 rings (SSSR count). The van der Waals surface area contributed by atoms with Crippen LogP contribution in [0.25, 0.3) is 0 Å². The first-order valence-electron chi connectivity index (χ1n) is 6.52. The van der Waals surface area contributed by atoms with Gasteiger partial charge in [0.15, 0.2) is 6.29 Å². The summed E-state index contributed by atoms with van der Waals surface area (Å²) in [4.78, 5) is 22.9. The summed E-state index contributed by atoms with van der Waals surface area (Å²) in [6, 6.07) is 0. The van der Waals surface area contributed by atoms with E-state index in [1.807, 2.05) is 0 Å². The Kier molecular flexibility index (Phi) is 7.70. The molecule has 2 atom stereocenters. The number of ether oxygens (including phenoxy) is 4. The zero-order valence-corrected chi connectivity index (χ0v) is 12.9. The number of hydrogen-bond acceptors (Lipinski definition) is 6. The van der Waals surface area contributed by atoms with Gasteiger partial charge in [0.1, 0.15) is 5.60 Å². The summed E-state index contributed by atoms with van der Waals surface area (Å²) >= 11 is 0. The first-order chi connectivity index (χ1) is 9.20. The van der Waals surface area contributed by atoms with Crippen molar-refractivity contribution in [2.45, 2.75) is 59.3 Å². The van der Waals surface area contributed by atoms with E-state index in [1.165, 1.54) is 6.41 Å². The molecule has 0 saturated carbocycles. The normalized spacial score (nSPS) is 16.1. The van der Waals surface area contributed by atoms with Gasteiger partial charge >= 0.3 is 18.3 Å². The predicted molar refractivity (Wildman–Crippen MR) is 71.2 cm³/mol. The smallest absolute Gasteiger partial charge is 0.391 e. The van der Waals surface area contributed by atoms with Gasteiger partial charge in [0.25, 0.3) is 0 Å². The predicted octanol–water partition coefficient (Wildman–Crippen LogP) is 1.07. The standard InChI is InChI=1S/C13H24NO6/c1-7-17-10(3)19-13(14-9-15,18-8-2)11(16)20-12(4,5)6/h10H,7-8H2,1-6H3,(H,14,15). The molecule has 7 heteroatoms. The van der Waals surface area contributed by atoms with Crippen LogP contribution in [0, 0.1) is 0 Å². The number of carbonyl (C=O) groups excluding carboxylic acids is 2. The van der Waals surface area contributed by atoms with Crippen molar-refractivity contribution in [3.63, 3.8) is 0 Å². The summed E-state index contributed by atoms with van der Waals surface area (Å²) in [6.07, 6.45) is 0.623. The fourth-order valence-corrected chi connectivity index (χ4v) is 1.38. The van der Waals surface area contributed by atoms with Crippen LogP contribution in [0.2, 0.25) is 0 Å². The van der Waals surface area contributed by atoms with Crippen LogP contribution < -0.4 is 5.32 Å². The molecule has 1 N–H and O–H groups in total. The largest absolute Gasteiger partial charge is 0.454 e. The number of carbonyl (C=O) groups is 1. The molecule has 0 spiro atoms. The van der Waals surface area contributed by atoms with Crippen LogP contribution in [0.3, 0.4) is 0 Å². The monoisotopic (exact) mass is 290 g/mol. The van der Waals surface area contributed by atoms with E-state index in [4.69, 9.17) is 18.9 Å². The van der Waals surface area contributed by atoms with Gasteiger partial charge in [-0.25, -0.2) is 4.79 Å². The van der Waals surface area contributed by atoms with Crippen LogP contribution in [0.1, 0.15) is 41.5 Å². The molecule has 2 unspecified atom stereocenters. The molecule has 0 fully saturated rings. The van der Waals surface area contributed by atoms with E-state index in [1.54, 1.807) is 41.5 Å². The highest BCUT2D eigenvalue weighted by Crippen LogP contribution is 2.19. The van der Waals surface area contributed by atoms with Crippen molar-refractivity contribution < 1.29 is 28.5 Å². The highest BCUT2D eigenvalue weighted by molar-refractivity contribution is 5.80. The highest BCUT2D eigenvalue weighted by atomic mass is 16.8. The van der Waals surface area contributed by atoms with Crippen LogP contribution >= 0.6 is 0 Å². The number of hydrogen-bond donors (Lipinski definition) is 1. The van der Waals surface area contributed by atoms with Crippen molar-refractivity contribution >= 4 is 12.4 Å². The fraction of sp³-hybridized carbons (Fsp3) is 0.846. The van der Waals surface area contributed by atoms with Gasteiger partial charge in [-0.1, -0.05) is 0 Å². The van der Waals surface area contributed by atoms with Crippen LogP contribution in [0.5, 0.6) is 0 Å². The van der Waals surface area contributed by atoms with E-state index in [-0.39, 0.29) is 6.61 Å². The quantitative estimate of drug-likeness (QED) is 0.388. The van der Waals surface area contributed by atoms with Crippen LogP contribution in [-0.4, -0.2) is 43.4 Å². The zero-order chi connectivity index (χ0) is 15.8. The molecule has 7 nitrogen and oxygen atoms in total. The first kappa shape index (κ1) is 18.8. The SMILES string of the molecule is CCOC(C)OC(N[C]=O)(OCC)C(=O)OC(C)(C)C. The minimum atomic E-state index is -2.07. The maximum Gasteiger partial charge on any atom is 0.391 e. The Hall–Kier alpha value is -1.18. The summed E-state index contributed by atoms with van der Waals surface area (Å²) < 4.78 is 21.0. The van der Waals surface area contributed by atoms with E-state index in [9.17, 15) is 9.59 Å². The second-order valence-electron chi connectivity index (χ2n) is 4.92. The van der Waals surface area contributed by atoms with E-state index in [0.29, 0.717) is 6.61 Å². The molecule has 0 heterocycles. The second kappa shape index (κ2) is 8.18. The van der Waals surface area contributed by atoms with Gasteiger partial charge in [0.2, 0.25) is 0 Å². The Bertz CT molecular complexity index is 314. The number of esters is 1. The van der Waals surface area contributed by atoms with Gasteiger partial charge in [-0.2, -0.15) is 0 Å². The molecule has 1 amide bonds. The molecule has 0 aromatic rings. The van der Waals surface area contributed by atoms with Crippen molar-refractivity contribution in [2.24, 2.45) is 0 Å². The molecule has 1 radical (unpaired) electrons. The molecule has 0 aliphatic rings. The fourth-order valence-electron chi connectivity index (χ4n) is 1.38. The highest BCUT2D eigenvalue weighted by Gasteiger charge is 2.46. The zero-order valence-electron chi connectivity index (χ0n) is 12.9. The van der Waals surface area contributed by atoms with E-state index in [0.717, 1.165) is 0 Å². The van der Waals surface area contributed by atoms with Gasteiger partial charge in [0, 0.05) is 13.2 Å². The topological polar surface area (TPSA) is 83.1 Å². The van der Waals surface area contributed by atoms with Crippen molar-refractivity contribution in [3.8, 4) is 0 Å². The molecule has 0 aromatic carbocycles. The van der Waals surface area contributed by atoms with Gasteiger partial charge < -0.3 is 14.2 Å². The lowest BCUT2D eigenvalue weighted by atomic mass is 10.2. The number of amides is 1. The van der Waals surface area contributed by atoms with Gasteiger partial charge in [-0.3, -0.25) is 14.8 Å². The minimum absolute atomic E-state index is 0.118. The molecule has 0 bridgehead atoms. The van der Waals surface area contributed by atoms with Crippen molar-refractivity contribution in [2.75, 3.05) is 13.2 Å². The average Bonchev–Trinajstić information content (AvgIpc) is 2.27. The van der Waals surface area contributed by atoms with Crippen LogP contribution in [0.4, 0.5) is 0 Å². The number of rotatable bonds is 9. The first-order valence-corrected chi connectivity index (χ1v) is 6.52. The second-order valence-corrected chi connectivity index (χ2v) is 4.92. The lowest BCUT2D eigenvalue weighted by Crippen LogP contribution is -2.59. The van der Waals surface area contributed by atoms with Crippen molar-refractivity contribution in [1.82, 2.24) is 5.32 Å². The third kappa shape index (κ3) is 6.31. The molecular formula is C13H24NO6. The molecular weight excluding hydrogens is 266 g/mol. The molecule has 0 saturated heterocycles. The maximum absolute atomic E-state index is 12.2. The lowest BCUT2D eigenvalue weighted by molar-refractivity contribution is -0.308. The maximum atomic E-state index is 12.2. The van der Waals surface area contributed by atoms with Crippen molar-refractivity contribution in [3.05, 3.63) is 0 Å². The Morgan fingerprint density at radius 1 is 1.25 bits per heavy atom. The molecule has 0 aromatic heterocycles. The summed E-state index contributed by atoms with van der Waals surface area (Å²) in [6.45, 7) is 10.6. The Morgan fingerprint density at radius 3 is 2.25 bits per heavy atom. The van der Waals surface area contributed by atoms with Crippen LogP contribution in [0.15, 0.2) is 0 Å². The van der Waals surface area contributed by atoms with Gasteiger partial charge in [-0.05, 0) is 41.5 Å². The molecule has 0 aliphatic heterocycles. The van der Waals surface area contributed by atoms with Gasteiger partial charge in [-0.15, -0.1) is 0 Å². The van der Waals surface area contributed by atoms with E-state index in [2.05, 4.69) is 5.32 Å². The Morgan fingerprint density at radius 2 is 1.85 bits per heavy atom. The van der Waals surface area contributed by atoms with Crippen molar-refractivity contribution in [1.29, 1.82) is 0 Å². The third-order valence-electron chi connectivity index (χ3n) is 1.96. The summed E-state index contributed by atoms with van der Waals surface area (Å²) in [7, 11) is 0. The molecule has 20 heavy (non-hydrogen) atoms. The van der Waals surface area contributed by atoms with E-state index >= 15 is 0 Å². The van der Waals surface area contributed by atoms with Gasteiger partial charge in [0.05, 0.1) is 0 Å². The number of nitrogens with one attached hydrogen (secondary N) is 1. The van der Waals surface area contributed by atoms with Crippen LogP contribution in [-0.2, 0) is 28.5 Å². The Balaban J connectivity index is 5.18. The summed E-state index contributed by atoms with van der Waals surface area (Å²) in [5, 5.41) is 2.10. The molecule has 0 aliphatic carbocycles.